The second kappa shape index (κ2) is 9.27. The average molecular weight is 398 g/mol. The minimum absolute atomic E-state index is 0.117. The molecule has 3 rings (SSSR count). The molecule has 0 aliphatic carbocycles. The van der Waals surface area contributed by atoms with Gasteiger partial charge in [-0.05, 0) is 43.3 Å². The van der Waals surface area contributed by atoms with E-state index in [1.165, 1.54) is 11.8 Å². The third-order valence-electron chi connectivity index (χ3n) is 3.99. The molecule has 1 heterocycles. The molecule has 0 fully saturated rings. The van der Waals surface area contributed by atoms with Crippen molar-refractivity contribution >= 4 is 23.4 Å². The zero-order valence-corrected chi connectivity index (χ0v) is 16.8. The van der Waals surface area contributed by atoms with Gasteiger partial charge in [-0.15, -0.1) is 10.2 Å². The number of methoxy groups -OCH3 is 1. The molecule has 3 aromatic rings. The van der Waals surface area contributed by atoms with Crippen molar-refractivity contribution in [1.82, 2.24) is 14.8 Å². The molecule has 1 atom stereocenters. The lowest BCUT2D eigenvalue weighted by atomic mass is 10.3. The van der Waals surface area contributed by atoms with Crippen LogP contribution in [0.5, 0.6) is 11.5 Å². The normalized spacial score (nSPS) is 11.7. The van der Waals surface area contributed by atoms with Gasteiger partial charge in [0.2, 0.25) is 5.91 Å². The van der Waals surface area contributed by atoms with Gasteiger partial charge in [0.05, 0.1) is 12.9 Å². The van der Waals surface area contributed by atoms with Crippen molar-refractivity contribution in [2.75, 3.05) is 18.2 Å². The smallest absolute Gasteiger partial charge is 0.234 e. The van der Waals surface area contributed by atoms with E-state index in [0.29, 0.717) is 11.0 Å². The molecule has 28 heavy (non-hydrogen) atoms. The molecular formula is C20H22N4O3S. The Kier molecular flexibility index (Phi) is 6.54. The summed E-state index contributed by atoms with van der Waals surface area (Å²) in [5.41, 5.74) is 0.718. The van der Waals surface area contributed by atoms with Gasteiger partial charge in [0.1, 0.15) is 11.5 Å². The molecule has 146 valence electrons. The van der Waals surface area contributed by atoms with Crippen LogP contribution >= 0.6 is 11.8 Å². The van der Waals surface area contributed by atoms with E-state index < -0.39 is 0 Å². The Morgan fingerprint density at radius 3 is 2.50 bits per heavy atom. The van der Waals surface area contributed by atoms with Gasteiger partial charge in [-0.3, -0.25) is 4.79 Å². The molecule has 1 N–H and O–H groups in total. The number of carbonyl (C=O) groups is 1. The van der Waals surface area contributed by atoms with E-state index in [2.05, 4.69) is 15.5 Å². The number of hydrogen-bond donors (Lipinski definition) is 1. The summed E-state index contributed by atoms with van der Waals surface area (Å²) in [4.78, 5) is 12.2. The Bertz CT molecular complexity index is 913. The molecule has 1 amide bonds. The number of benzene rings is 2. The molecule has 7 nitrogen and oxygen atoms in total. The molecular weight excluding hydrogens is 376 g/mol. The van der Waals surface area contributed by atoms with Crippen LogP contribution in [0.3, 0.4) is 0 Å². The molecule has 0 spiro atoms. The summed E-state index contributed by atoms with van der Waals surface area (Å²) in [6.45, 7) is 1.92. The van der Waals surface area contributed by atoms with Crippen LogP contribution in [0.25, 0.3) is 0 Å². The van der Waals surface area contributed by atoms with Gasteiger partial charge in [0, 0.05) is 12.7 Å². The van der Waals surface area contributed by atoms with Gasteiger partial charge in [0.15, 0.2) is 17.1 Å². The van der Waals surface area contributed by atoms with E-state index in [-0.39, 0.29) is 17.8 Å². The van der Waals surface area contributed by atoms with E-state index in [4.69, 9.17) is 9.47 Å². The van der Waals surface area contributed by atoms with E-state index in [1.807, 2.05) is 48.9 Å². The fraction of sp³-hybridized carbons (Fsp3) is 0.250. The molecule has 1 aromatic heterocycles. The zero-order chi connectivity index (χ0) is 19.9. The number of nitrogens with zero attached hydrogens (tertiary/aromatic N) is 3. The number of ether oxygens (including phenoxy) is 2. The number of amides is 1. The van der Waals surface area contributed by atoms with Crippen LogP contribution in [0.4, 0.5) is 5.69 Å². The predicted molar refractivity (Wildman–Crippen MR) is 109 cm³/mol. The fourth-order valence-corrected chi connectivity index (χ4v) is 3.28. The van der Waals surface area contributed by atoms with Crippen LogP contribution in [0.1, 0.15) is 18.9 Å². The molecule has 0 bridgehead atoms. The number of thioether (sulfide) groups is 1. The lowest BCUT2D eigenvalue weighted by Gasteiger charge is -2.14. The molecule has 0 saturated heterocycles. The quantitative estimate of drug-likeness (QED) is 0.583. The van der Waals surface area contributed by atoms with Crippen molar-refractivity contribution in [2.45, 2.75) is 18.2 Å². The van der Waals surface area contributed by atoms with Gasteiger partial charge >= 0.3 is 0 Å². The van der Waals surface area contributed by atoms with E-state index in [9.17, 15) is 4.79 Å². The van der Waals surface area contributed by atoms with Gasteiger partial charge < -0.3 is 19.4 Å². The maximum absolute atomic E-state index is 12.2. The number of rotatable bonds is 8. The largest absolute Gasteiger partial charge is 0.497 e. The van der Waals surface area contributed by atoms with E-state index >= 15 is 0 Å². The Morgan fingerprint density at radius 1 is 1.11 bits per heavy atom. The average Bonchev–Trinajstić information content (AvgIpc) is 3.08. The van der Waals surface area contributed by atoms with Crippen molar-refractivity contribution in [3.8, 4) is 11.5 Å². The molecule has 2 aromatic carbocycles. The van der Waals surface area contributed by atoms with Crippen molar-refractivity contribution < 1.29 is 14.3 Å². The Balaban J connectivity index is 1.55. The second-order valence-corrected chi connectivity index (χ2v) is 6.98. The molecule has 1 unspecified atom stereocenters. The lowest BCUT2D eigenvalue weighted by Crippen LogP contribution is -2.14. The highest BCUT2D eigenvalue weighted by Gasteiger charge is 2.18. The monoisotopic (exact) mass is 398 g/mol. The fourth-order valence-electron chi connectivity index (χ4n) is 2.56. The third kappa shape index (κ3) is 5.04. The minimum Gasteiger partial charge on any atom is -0.497 e. The van der Waals surface area contributed by atoms with E-state index in [0.717, 1.165) is 17.2 Å². The molecule has 0 aliphatic heterocycles. The third-order valence-corrected chi connectivity index (χ3v) is 5.01. The summed E-state index contributed by atoms with van der Waals surface area (Å²) in [6, 6.07) is 16.7. The summed E-state index contributed by atoms with van der Waals surface area (Å²) < 4.78 is 12.8. The highest BCUT2D eigenvalue weighted by molar-refractivity contribution is 7.99. The number of anilines is 1. The maximum atomic E-state index is 12.2. The Hall–Kier alpha value is -3.00. The van der Waals surface area contributed by atoms with Gasteiger partial charge in [-0.2, -0.15) is 0 Å². The molecule has 8 heteroatoms. The zero-order valence-electron chi connectivity index (χ0n) is 16.0. The predicted octanol–water partition coefficient (Wildman–Crippen LogP) is 3.69. The first-order valence-corrected chi connectivity index (χ1v) is 9.73. The number of para-hydroxylation sites is 1. The van der Waals surface area contributed by atoms with Gasteiger partial charge in [-0.1, -0.05) is 30.0 Å². The highest BCUT2D eigenvalue weighted by atomic mass is 32.2. The number of nitrogens with one attached hydrogen (secondary N) is 1. The van der Waals surface area contributed by atoms with Crippen LogP contribution in [-0.4, -0.2) is 33.5 Å². The Morgan fingerprint density at radius 2 is 1.82 bits per heavy atom. The summed E-state index contributed by atoms with van der Waals surface area (Å²) in [7, 11) is 3.47. The molecule has 0 radical (unpaired) electrons. The standard InChI is InChI=1S/C20H22N4O3S/c1-14(27-17-7-5-4-6-8-17)19-22-23-20(24(19)2)28-13-18(25)21-15-9-11-16(26-3)12-10-15/h4-12,14H,13H2,1-3H3,(H,21,25). The summed E-state index contributed by atoms with van der Waals surface area (Å²) in [6.07, 6.45) is -0.262. The SMILES string of the molecule is COc1ccc(NC(=O)CSc2nnc(C(C)Oc3ccccc3)n2C)cc1. The highest BCUT2D eigenvalue weighted by Crippen LogP contribution is 2.23. The summed E-state index contributed by atoms with van der Waals surface area (Å²) >= 11 is 1.32. The second-order valence-electron chi connectivity index (χ2n) is 6.04. The first-order valence-electron chi connectivity index (χ1n) is 8.74. The minimum atomic E-state index is -0.262. The van der Waals surface area contributed by atoms with Crippen molar-refractivity contribution in [2.24, 2.45) is 7.05 Å². The lowest BCUT2D eigenvalue weighted by molar-refractivity contribution is -0.113. The van der Waals surface area contributed by atoms with E-state index in [1.54, 1.807) is 31.4 Å². The number of aromatic nitrogens is 3. The Labute approximate surface area is 168 Å². The summed E-state index contributed by atoms with van der Waals surface area (Å²) in [5, 5.41) is 11.9. The molecule has 0 aliphatic rings. The number of carbonyl (C=O) groups excluding carboxylic acids is 1. The van der Waals surface area contributed by atoms with Crippen LogP contribution in [0.15, 0.2) is 59.8 Å². The van der Waals surface area contributed by atoms with Crippen LogP contribution in [-0.2, 0) is 11.8 Å². The van der Waals surface area contributed by atoms with Gasteiger partial charge in [0.25, 0.3) is 0 Å². The van der Waals surface area contributed by atoms with Crippen LogP contribution in [0.2, 0.25) is 0 Å². The van der Waals surface area contributed by atoms with Gasteiger partial charge in [-0.25, -0.2) is 0 Å². The van der Waals surface area contributed by atoms with Crippen molar-refractivity contribution in [3.05, 3.63) is 60.4 Å². The molecule has 0 saturated carbocycles. The first kappa shape index (κ1) is 19.8. The van der Waals surface area contributed by atoms with Crippen LogP contribution < -0.4 is 14.8 Å². The first-order chi connectivity index (χ1) is 13.6. The maximum Gasteiger partial charge on any atom is 0.234 e. The van der Waals surface area contributed by atoms with Crippen molar-refractivity contribution in [1.29, 1.82) is 0 Å². The van der Waals surface area contributed by atoms with Crippen LogP contribution in [0, 0.1) is 0 Å². The topological polar surface area (TPSA) is 78.3 Å². The number of hydrogen-bond acceptors (Lipinski definition) is 6. The van der Waals surface area contributed by atoms with Crippen molar-refractivity contribution in [3.63, 3.8) is 0 Å². The summed E-state index contributed by atoms with van der Waals surface area (Å²) in [5.74, 6) is 2.32.